The summed E-state index contributed by atoms with van der Waals surface area (Å²) in [6.07, 6.45) is 17.5. The van der Waals surface area contributed by atoms with Crippen LogP contribution in [-0.2, 0) is 81.0 Å². The highest BCUT2D eigenvalue weighted by Crippen LogP contribution is 2.62. The average Bonchev–Trinajstić information content (AvgIpc) is 1.76. The highest BCUT2D eigenvalue weighted by molar-refractivity contribution is 7.99. The molecule has 9 unspecified atom stereocenters. The predicted molar refractivity (Wildman–Crippen MR) is 334 cm³/mol. The highest BCUT2D eigenvalue weighted by atomic mass is 32.2. The van der Waals surface area contributed by atoms with Crippen LogP contribution in [0.5, 0.6) is 0 Å². The molecule has 10 aliphatic carbocycles. The van der Waals surface area contributed by atoms with Crippen LogP contribution in [0.4, 0.5) is 0 Å². The van der Waals surface area contributed by atoms with Gasteiger partial charge in [0.05, 0.1) is 57.6 Å². The summed E-state index contributed by atoms with van der Waals surface area (Å²) in [7, 11) is 0. The first-order chi connectivity index (χ1) is 41.5. The van der Waals surface area contributed by atoms with Crippen molar-refractivity contribution in [1.29, 1.82) is 0 Å². The minimum Gasteiger partial charge on any atom is -0.463 e. The molecule has 10 saturated carbocycles. The fourth-order valence-electron chi connectivity index (χ4n) is 15.7. The van der Waals surface area contributed by atoms with E-state index in [2.05, 4.69) is 13.8 Å². The van der Waals surface area contributed by atoms with Crippen LogP contribution in [0, 0.1) is 80.3 Å². The van der Waals surface area contributed by atoms with Crippen LogP contribution in [0.1, 0.15) is 239 Å². The average molecular weight is 1270 g/mol. The number of ether oxygens (including phenoxy) is 9. The Morgan fingerprint density at radius 1 is 0.573 bits per heavy atom. The molecule has 13 rings (SSSR count). The van der Waals surface area contributed by atoms with Crippen molar-refractivity contribution < 1.29 is 86.1 Å². The van der Waals surface area contributed by atoms with Crippen LogP contribution in [0.2, 0.25) is 0 Å². The lowest BCUT2D eigenvalue weighted by molar-refractivity contribution is -0.225. The monoisotopic (exact) mass is 1270 g/mol. The fraction of sp³-hybridized carbons (Fsp3) is 0.886. The summed E-state index contributed by atoms with van der Waals surface area (Å²) >= 11 is 1.76. The van der Waals surface area contributed by atoms with E-state index in [1.54, 1.807) is 39.5 Å². The van der Waals surface area contributed by atoms with Gasteiger partial charge in [-0.05, 0) is 220 Å². The fourth-order valence-corrected chi connectivity index (χ4v) is 16.4. The topological polar surface area (TPSA) is 240 Å². The molecule has 19 heteroatoms. The number of aliphatic hydroxyl groups is 1. The Morgan fingerprint density at radius 3 is 1.56 bits per heavy atom. The second-order valence-electron chi connectivity index (χ2n) is 31.5. The first kappa shape index (κ1) is 72.5. The van der Waals surface area contributed by atoms with E-state index in [9.17, 15) is 43.5 Å². The first-order valence-electron chi connectivity index (χ1n) is 34.1. The molecule has 10 bridgehead atoms. The molecular weight excluding hydrogens is 1160 g/mol. The lowest BCUT2D eigenvalue weighted by Gasteiger charge is -2.60. The number of carbonyl (C=O) groups excluding carboxylic acids is 8. The third-order valence-electron chi connectivity index (χ3n) is 23.0. The molecule has 0 radical (unpaired) electrons. The summed E-state index contributed by atoms with van der Waals surface area (Å²) in [6.45, 7) is 31.6. The Labute approximate surface area is 535 Å². The first-order valence-corrected chi connectivity index (χ1v) is 35.2. The molecule has 1 N–H and O–H groups in total. The number of hydrogen-bond donors (Lipinski definition) is 1. The van der Waals surface area contributed by atoms with Gasteiger partial charge in [0.2, 0.25) is 12.4 Å². The molecule has 18 nitrogen and oxygen atoms in total. The zero-order chi connectivity index (χ0) is 65.9. The van der Waals surface area contributed by atoms with Gasteiger partial charge < -0.3 is 47.7 Å². The third kappa shape index (κ3) is 16.9. The van der Waals surface area contributed by atoms with Gasteiger partial charge in [0.25, 0.3) is 0 Å². The molecule has 0 aromatic heterocycles. The van der Waals surface area contributed by atoms with Crippen LogP contribution in [0.3, 0.4) is 0 Å². The zero-order valence-electron chi connectivity index (χ0n) is 57.0. The maximum Gasteiger partial charge on any atom is 0.347 e. The molecule has 13 aliphatic rings. The Balaban J connectivity index is 0.000000160. The molecule has 3 saturated heterocycles. The van der Waals surface area contributed by atoms with Gasteiger partial charge >= 0.3 is 47.8 Å². The zero-order valence-corrected chi connectivity index (χ0v) is 57.8. The molecule has 3 heterocycles. The Hall–Kier alpha value is -3.97. The molecule has 0 aromatic rings. The molecule has 0 spiro atoms. The highest BCUT2D eigenvalue weighted by Gasteiger charge is 2.64. The van der Waals surface area contributed by atoms with E-state index in [-0.39, 0.29) is 89.3 Å². The van der Waals surface area contributed by atoms with Crippen LogP contribution in [-0.4, -0.2) is 126 Å². The van der Waals surface area contributed by atoms with Crippen molar-refractivity contribution in [2.75, 3.05) is 31.3 Å². The van der Waals surface area contributed by atoms with Gasteiger partial charge in [-0.1, -0.05) is 41.5 Å². The van der Waals surface area contributed by atoms with Gasteiger partial charge in [0.15, 0.2) is 6.61 Å². The van der Waals surface area contributed by atoms with E-state index in [0.717, 1.165) is 87.5 Å². The van der Waals surface area contributed by atoms with Crippen molar-refractivity contribution >= 4 is 59.5 Å². The summed E-state index contributed by atoms with van der Waals surface area (Å²) in [4.78, 5) is 94.7. The van der Waals surface area contributed by atoms with E-state index in [1.807, 2.05) is 69.2 Å². The molecule has 0 amide bonds. The number of rotatable bonds is 18. The van der Waals surface area contributed by atoms with E-state index in [4.69, 9.17) is 42.6 Å². The summed E-state index contributed by atoms with van der Waals surface area (Å²) in [5, 5.41) is 10.6. The van der Waals surface area contributed by atoms with Gasteiger partial charge in [-0.25, -0.2) is 9.59 Å². The molecule has 0 aromatic carbocycles. The maximum atomic E-state index is 12.6. The molecule has 3 aliphatic heterocycles. The van der Waals surface area contributed by atoms with Crippen LogP contribution >= 0.6 is 11.8 Å². The lowest BCUT2D eigenvalue weighted by atomic mass is 9.49. The van der Waals surface area contributed by atoms with E-state index >= 15 is 0 Å². The molecular formula is C70H112O18S. The van der Waals surface area contributed by atoms with Gasteiger partial charge in [-0.3, -0.25) is 28.8 Å². The summed E-state index contributed by atoms with van der Waals surface area (Å²) in [6, 6.07) is 0. The smallest absolute Gasteiger partial charge is 0.347 e. The van der Waals surface area contributed by atoms with Crippen LogP contribution in [0.25, 0.3) is 0 Å². The van der Waals surface area contributed by atoms with Crippen molar-refractivity contribution in [3.63, 3.8) is 0 Å². The Kier molecular flexibility index (Phi) is 23.4. The normalized spacial score (nSPS) is 35.0. The second kappa shape index (κ2) is 28.7. The van der Waals surface area contributed by atoms with Crippen molar-refractivity contribution in [2.24, 2.45) is 80.3 Å². The second-order valence-corrected chi connectivity index (χ2v) is 32.7. The van der Waals surface area contributed by atoms with Crippen molar-refractivity contribution in [3.8, 4) is 0 Å². The third-order valence-corrected chi connectivity index (χ3v) is 23.9. The number of fused-ring (bicyclic) bond motifs is 1. The van der Waals surface area contributed by atoms with Crippen molar-refractivity contribution in [2.45, 2.75) is 281 Å². The molecule has 13 fully saturated rings. The SMILES string of the molecule is CCC(C)(C)C(=O)OC1(CC)C2CC3CC(C2)CC1C3.CCC(C)(C)C(=O)OC12CC3CC(CC(O)(C3)C1)C2.CCC(C)(C)C(=O)OC1CCOC1=O.CCC(C)(C)C(=O)OC1CSCCO1.CCC(C)(C)C(=O)OCC(=O)OC1C2CC3C(=O)OC1C3C2. The molecule has 89 heavy (non-hydrogen) atoms. The lowest BCUT2D eigenvalue weighted by Crippen LogP contribution is -2.61. The number of esters is 8. The number of cyclic esters (lactones) is 1. The van der Waals surface area contributed by atoms with Gasteiger partial charge in [-0.2, -0.15) is 11.8 Å². The molecule has 506 valence electrons. The van der Waals surface area contributed by atoms with E-state index in [0.29, 0.717) is 62.6 Å². The maximum absolute atomic E-state index is 12.6. The number of hydrogen-bond acceptors (Lipinski definition) is 19. The predicted octanol–water partition coefficient (Wildman–Crippen LogP) is 12.4. The van der Waals surface area contributed by atoms with Crippen molar-refractivity contribution in [3.05, 3.63) is 0 Å². The van der Waals surface area contributed by atoms with Crippen molar-refractivity contribution in [1.82, 2.24) is 0 Å². The summed E-state index contributed by atoms with van der Waals surface area (Å²) in [5.74, 6) is 4.27. The Morgan fingerprint density at radius 2 is 1.08 bits per heavy atom. The van der Waals surface area contributed by atoms with Gasteiger partial charge in [0, 0.05) is 30.4 Å². The van der Waals surface area contributed by atoms with Gasteiger partial charge in [-0.15, -0.1) is 0 Å². The molecule has 9 atom stereocenters. The quantitative estimate of drug-likeness (QED) is 0.0991. The number of thioether (sulfide) groups is 1. The number of carbonyl (C=O) groups is 8. The standard InChI is InChI=1S/C18H30O2.C16H22O6.C16H26O3.C10H16O4.C10H18O3S/c1-5-17(3,4)16(19)20-18(6-2)14-8-12-7-13(10-14)11-15(18)9-12;1-4-16(2,3)15(19)20-7-11(17)21-12-8-5-9-10(6-8)14(18)22-13(9)12;1-4-14(2,3)13(17)19-16-8-11-5-12(9-16)7-15(18,6-11)10-16;1-4-10(2,3)9(12)14-7-5-6-13-8(7)11;1-4-10(2,3)9(11)13-8-7-14-6-5-12-8/h12-15H,5-11H2,1-4H3;8-10,12-13H,4-7H2,1-3H3;11-12,18H,4-10H2,1-3H3;7H,4-6H2,1-3H3;8H,4-7H2,1-3H3. The van der Waals surface area contributed by atoms with Crippen LogP contribution in [0.15, 0.2) is 0 Å². The van der Waals surface area contributed by atoms with E-state index in [1.165, 1.54) is 38.5 Å². The minimum absolute atomic E-state index is 0.00636. The minimum atomic E-state index is -0.687. The Bertz CT molecular complexity index is 2480. The summed E-state index contributed by atoms with van der Waals surface area (Å²) < 4.78 is 48.4. The van der Waals surface area contributed by atoms with E-state index < -0.39 is 51.3 Å². The largest absolute Gasteiger partial charge is 0.463 e. The van der Waals surface area contributed by atoms with Gasteiger partial charge in [0.1, 0.15) is 23.4 Å². The van der Waals surface area contributed by atoms with Crippen LogP contribution < -0.4 is 0 Å². The summed E-state index contributed by atoms with van der Waals surface area (Å²) in [5.41, 5.74) is -3.32.